The van der Waals surface area contributed by atoms with E-state index in [0.29, 0.717) is 13.0 Å². The molecule has 1 atom stereocenters. The van der Waals surface area contributed by atoms with Crippen LogP contribution in [0.3, 0.4) is 0 Å². The Morgan fingerprint density at radius 3 is 3.05 bits per heavy atom. The van der Waals surface area contributed by atoms with Gasteiger partial charge in [-0.05, 0) is 49.8 Å². The number of aromatic hydroxyl groups is 1. The number of phenols is 1. The number of aryl methyl sites for hydroxylation is 1. The zero-order valence-electron chi connectivity index (χ0n) is 13.0. The second kappa shape index (κ2) is 6.42. The second-order valence-corrected chi connectivity index (χ2v) is 6.05. The van der Waals surface area contributed by atoms with Crippen molar-refractivity contribution in [3.8, 4) is 5.75 Å². The first-order chi connectivity index (χ1) is 10.7. The number of rotatable bonds is 3. The van der Waals surface area contributed by atoms with Crippen LogP contribution < -0.4 is 0 Å². The predicted octanol–water partition coefficient (Wildman–Crippen LogP) is 4.03. The van der Waals surface area contributed by atoms with Crippen molar-refractivity contribution in [2.24, 2.45) is 0 Å². The molecule has 2 N–H and O–H groups in total. The van der Waals surface area contributed by atoms with E-state index in [1.165, 1.54) is 17.7 Å². The number of aromatic nitrogens is 1. The number of hydrogen-bond acceptors (Lipinski definition) is 3. The van der Waals surface area contributed by atoms with Crippen LogP contribution in [0.5, 0.6) is 5.75 Å². The third-order valence-electron chi connectivity index (χ3n) is 4.51. The van der Waals surface area contributed by atoms with E-state index in [4.69, 9.17) is 4.74 Å². The molecule has 22 heavy (non-hydrogen) atoms. The average molecular weight is 301 g/mol. The number of carbonyl (C=O) groups excluding carboxylic acids is 1. The molecule has 1 aliphatic carbocycles. The van der Waals surface area contributed by atoms with Gasteiger partial charge in [-0.15, -0.1) is 0 Å². The van der Waals surface area contributed by atoms with E-state index in [0.717, 1.165) is 36.6 Å². The molecule has 0 bridgehead atoms. The fourth-order valence-electron chi connectivity index (χ4n) is 3.57. The number of ether oxygens (including phenoxy) is 1. The van der Waals surface area contributed by atoms with Crippen LogP contribution >= 0.6 is 0 Å². The summed E-state index contributed by atoms with van der Waals surface area (Å²) in [7, 11) is 0. The lowest BCUT2D eigenvalue weighted by molar-refractivity contribution is -0.143. The molecule has 3 rings (SSSR count). The third kappa shape index (κ3) is 2.96. The molecule has 0 radical (unpaired) electrons. The lowest BCUT2D eigenvalue weighted by Crippen LogP contribution is -2.13. The van der Waals surface area contributed by atoms with Crippen molar-refractivity contribution in [3.05, 3.63) is 29.5 Å². The van der Waals surface area contributed by atoms with E-state index in [-0.39, 0.29) is 17.6 Å². The summed E-state index contributed by atoms with van der Waals surface area (Å²) in [6.07, 6.45) is 5.96. The largest absolute Gasteiger partial charge is 0.508 e. The SMILES string of the molecule is CCOC(=O)CC1CCCCCc2[nH]c3cc(O)ccc3c21. The Morgan fingerprint density at radius 2 is 2.23 bits per heavy atom. The fraction of sp³-hybridized carbons (Fsp3) is 0.500. The van der Waals surface area contributed by atoms with Crippen LogP contribution in [0, 0.1) is 0 Å². The molecule has 0 saturated heterocycles. The number of H-pyrrole nitrogens is 1. The average Bonchev–Trinajstić information content (AvgIpc) is 2.80. The number of carbonyl (C=O) groups is 1. The quantitative estimate of drug-likeness (QED) is 0.841. The van der Waals surface area contributed by atoms with Crippen LogP contribution in [0.2, 0.25) is 0 Å². The molecule has 0 amide bonds. The zero-order chi connectivity index (χ0) is 15.5. The highest BCUT2D eigenvalue weighted by molar-refractivity contribution is 5.87. The summed E-state index contributed by atoms with van der Waals surface area (Å²) in [5, 5.41) is 10.8. The second-order valence-electron chi connectivity index (χ2n) is 6.05. The van der Waals surface area contributed by atoms with Crippen molar-refractivity contribution in [3.63, 3.8) is 0 Å². The Kier molecular flexibility index (Phi) is 4.36. The third-order valence-corrected chi connectivity index (χ3v) is 4.51. The standard InChI is InChI=1S/C18H23NO3/c1-2-22-17(21)10-12-6-4-3-5-7-15-18(12)14-9-8-13(20)11-16(14)19-15/h8-9,11-12,19-20H,2-7,10H2,1H3. The summed E-state index contributed by atoms with van der Waals surface area (Å²) in [5.41, 5.74) is 3.43. The lowest BCUT2D eigenvalue weighted by atomic mass is 9.85. The van der Waals surface area contributed by atoms with Gasteiger partial charge in [-0.2, -0.15) is 0 Å². The van der Waals surface area contributed by atoms with Crippen LogP contribution in [-0.4, -0.2) is 22.7 Å². The first kappa shape index (κ1) is 14.9. The van der Waals surface area contributed by atoms with Crippen LogP contribution in [-0.2, 0) is 16.0 Å². The molecule has 4 nitrogen and oxygen atoms in total. The Bertz CT molecular complexity index is 674. The Labute approximate surface area is 130 Å². The van der Waals surface area contributed by atoms with Crippen LogP contribution in [0.15, 0.2) is 18.2 Å². The summed E-state index contributed by atoms with van der Waals surface area (Å²) in [4.78, 5) is 15.4. The maximum Gasteiger partial charge on any atom is 0.306 e. The number of phenolic OH excluding ortho intramolecular Hbond substituents is 1. The normalized spacial score (nSPS) is 18.5. The van der Waals surface area contributed by atoms with Crippen molar-refractivity contribution in [2.45, 2.75) is 51.4 Å². The molecule has 0 spiro atoms. The summed E-state index contributed by atoms with van der Waals surface area (Å²) in [6.45, 7) is 2.27. The van der Waals surface area contributed by atoms with Gasteiger partial charge in [0.2, 0.25) is 0 Å². The summed E-state index contributed by atoms with van der Waals surface area (Å²) < 4.78 is 5.15. The highest BCUT2D eigenvalue weighted by atomic mass is 16.5. The highest BCUT2D eigenvalue weighted by Crippen LogP contribution is 2.38. The molecule has 1 unspecified atom stereocenters. The van der Waals surface area contributed by atoms with Gasteiger partial charge >= 0.3 is 5.97 Å². The molecule has 1 aromatic heterocycles. The van der Waals surface area contributed by atoms with E-state index < -0.39 is 0 Å². The van der Waals surface area contributed by atoms with Gasteiger partial charge in [-0.1, -0.05) is 12.8 Å². The van der Waals surface area contributed by atoms with E-state index in [1.54, 1.807) is 12.1 Å². The minimum absolute atomic E-state index is 0.118. The van der Waals surface area contributed by atoms with Crippen LogP contribution in [0.1, 0.15) is 56.2 Å². The number of esters is 1. The van der Waals surface area contributed by atoms with Gasteiger partial charge < -0.3 is 14.8 Å². The molecular formula is C18H23NO3. The Morgan fingerprint density at radius 1 is 1.36 bits per heavy atom. The van der Waals surface area contributed by atoms with E-state index in [1.807, 2.05) is 13.0 Å². The smallest absolute Gasteiger partial charge is 0.306 e. The van der Waals surface area contributed by atoms with Crippen molar-refractivity contribution in [2.75, 3.05) is 6.61 Å². The summed E-state index contributed by atoms with van der Waals surface area (Å²) in [6, 6.07) is 5.44. The molecule has 1 aliphatic rings. The molecule has 4 heteroatoms. The van der Waals surface area contributed by atoms with Gasteiger partial charge in [-0.25, -0.2) is 0 Å². The Hall–Kier alpha value is -1.97. The van der Waals surface area contributed by atoms with Gasteiger partial charge in [0.25, 0.3) is 0 Å². The monoisotopic (exact) mass is 301 g/mol. The van der Waals surface area contributed by atoms with Crippen molar-refractivity contribution >= 4 is 16.9 Å². The summed E-state index contributed by atoms with van der Waals surface area (Å²) >= 11 is 0. The summed E-state index contributed by atoms with van der Waals surface area (Å²) in [5.74, 6) is 0.350. The number of nitrogens with one attached hydrogen (secondary N) is 1. The maximum atomic E-state index is 12.0. The minimum atomic E-state index is -0.118. The first-order valence-corrected chi connectivity index (χ1v) is 8.18. The van der Waals surface area contributed by atoms with Gasteiger partial charge in [0.1, 0.15) is 5.75 Å². The predicted molar refractivity (Wildman–Crippen MR) is 86.1 cm³/mol. The van der Waals surface area contributed by atoms with Crippen LogP contribution in [0.25, 0.3) is 10.9 Å². The Balaban J connectivity index is 2.02. The van der Waals surface area contributed by atoms with Crippen molar-refractivity contribution < 1.29 is 14.6 Å². The molecule has 0 fully saturated rings. The number of fused-ring (bicyclic) bond motifs is 3. The van der Waals surface area contributed by atoms with Gasteiger partial charge in [0.05, 0.1) is 13.0 Å². The zero-order valence-corrected chi connectivity index (χ0v) is 13.0. The maximum absolute atomic E-state index is 12.0. The lowest BCUT2D eigenvalue weighted by Gasteiger charge is -2.20. The molecule has 0 aliphatic heterocycles. The van der Waals surface area contributed by atoms with Crippen molar-refractivity contribution in [1.29, 1.82) is 0 Å². The molecule has 118 valence electrons. The van der Waals surface area contributed by atoms with Crippen molar-refractivity contribution in [1.82, 2.24) is 4.98 Å². The molecule has 1 heterocycles. The molecule has 1 aromatic carbocycles. The van der Waals surface area contributed by atoms with Gasteiger partial charge in [0.15, 0.2) is 0 Å². The topological polar surface area (TPSA) is 62.3 Å². The number of aromatic amines is 1. The van der Waals surface area contributed by atoms with Crippen LogP contribution in [0.4, 0.5) is 0 Å². The van der Waals surface area contributed by atoms with E-state index in [9.17, 15) is 9.90 Å². The number of benzene rings is 1. The van der Waals surface area contributed by atoms with Gasteiger partial charge in [0, 0.05) is 22.7 Å². The number of hydrogen-bond donors (Lipinski definition) is 2. The van der Waals surface area contributed by atoms with E-state index in [2.05, 4.69) is 4.98 Å². The molecular weight excluding hydrogens is 278 g/mol. The minimum Gasteiger partial charge on any atom is -0.508 e. The first-order valence-electron chi connectivity index (χ1n) is 8.18. The molecule has 2 aromatic rings. The van der Waals surface area contributed by atoms with Gasteiger partial charge in [-0.3, -0.25) is 4.79 Å². The molecule has 0 saturated carbocycles. The van der Waals surface area contributed by atoms with E-state index >= 15 is 0 Å². The fourth-order valence-corrected chi connectivity index (χ4v) is 3.57. The highest BCUT2D eigenvalue weighted by Gasteiger charge is 2.25.